The van der Waals surface area contributed by atoms with Crippen molar-refractivity contribution in [1.29, 1.82) is 0 Å². The maximum absolute atomic E-state index is 12.5. The van der Waals surface area contributed by atoms with E-state index in [0.717, 1.165) is 16.3 Å². The molecule has 1 fully saturated rings. The normalized spacial score (nSPS) is 16.9. The number of ether oxygens (including phenoxy) is 1. The smallest absolute Gasteiger partial charge is 0.248 e. The van der Waals surface area contributed by atoms with Crippen LogP contribution in [0.25, 0.3) is 11.3 Å². The fourth-order valence-electron chi connectivity index (χ4n) is 2.85. The molecule has 1 aliphatic heterocycles. The van der Waals surface area contributed by atoms with Crippen molar-refractivity contribution in [1.82, 2.24) is 20.5 Å². The lowest BCUT2D eigenvalue weighted by molar-refractivity contribution is -0.138. The van der Waals surface area contributed by atoms with Crippen molar-refractivity contribution < 1.29 is 14.3 Å². The zero-order valence-electron chi connectivity index (χ0n) is 15.3. The van der Waals surface area contributed by atoms with Gasteiger partial charge >= 0.3 is 0 Å². The van der Waals surface area contributed by atoms with Crippen LogP contribution in [0.5, 0.6) is 0 Å². The highest BCUT2D eigenvalue weighted by atomic mass is 32.1. The molecule has 7 nitrogen and oxygen atoms in total. The second-order valence-corrected chi connectivity index (χ2v) is 7.14. The van der Waals surface area contributed by atoms with Crippen molar-refractivity contribution in [2.45, 2.75) is 19.5 Å². The second kappa shape index (κ2) is 9.59. The molecule has 1 aromatic heterocycles. The van der Waals surface area contributed by atoms with E-state index in [1.54, 1.807) is 4.90 Å². The number of hydrogen-bond acceptors (Lipinski definition) is 6. The fourth-order valence-corrected chi connectivity index (χ4v) is 3.60. The Morgan fingerprint density at radius 2 is 2.19 bits per heavy atom. The van der Waals surface area contributed by atoms with Gasteiger partial charge in [0, 0.05) is 37.2 Å². The van der Waals surface area contributed by atoms with Crippen LogP contribution in [0.3, 0.4) is 0 Å². The first kappa shape index (κ1) is 19.5. The molecule has 0 spiro atoms. The van der Waals surface area contributed by atoms with Crippen molar-refractivity contribution in [2.24, 2.45) is 0 Å². The molecule has 1 atom stereocenters. The van der Waals surface area contributed by atoms with E-state index < -0.39 is 6.04 Å². The number of carbonyl (C=O) groups excluding carboxylic acids is 2. The maximum Gasteiger partial charge on any atom is 0.248 e. The molecule has 2 N–H and O–H groups in total. The van der Waals surface area contributed by atoms with Crippen molar-refractivity contribution in [3.8, 4) is 11.3 Å². The monoisotopic (exact) mass is 388 g/mol. The summed E-state index contributed by atoms with van der Waals surface area (Å²) in [7, 11) is 0. The van der Waals surface area contributed by atoms with Crippen LogP contribution in [0.1, 0.15) is 11.9 Å². The molecule has 1 unspecified atom stereocenters. The fraction of sp³-hybridized carbons (Fsp3) is 0.421. The number of piperazine rings is 1. The van der Waals surface area contributed by atoms with Crippen LogP contribution in [0.15, 0.2) is 35.7 Å². The van der Waals surface area contributed by atoms with Crippen molar-refractivity contribution in [3.05, 3.63) is 40.7 Å². The Morgan fingerprint density at radius 1 is 1.37 bits per heavy atom. The summed E-state index contributed by atoms with van der Waals surface area (Å²) in [6.45, 7) is 4.32. The Balaban J connectivity index is 1.50. The number of benzene rings is 1. The molecule has 2 heterocycles. The number of thiazole rings is 1. The molecule has 1 saturated heterocycles. The second-order valence-electron chi connectivity index (χ2n) is 6.19. The lowest BCUT2D eigenvalue weighted by Crippen LogP contribution is -2.58. The van der Waals surface area contributed by atoms with E-state index in [0.29, 0.717) is 32.8 Å². The van der Waals surface area contributed by atoms with Crippen LogP contribution >= 0.6 is 11.3 Å². The summed E-state index contributed by atoms with van der Waals surface area (Å²) in [5.41, 5.74) is 1.97. The number of aromatic nitrogens is 1. The van der Waals surface area contributed by atoms with E-state index in [-0.39, 0.29) is 18.4 Å². The minimum atomic E-state index is -0.419. The summed E-state index contributed by atoms with van der Waals surface area (Å²) in [6.07, 6.45) is 0. The van der Waals surface area contributed by atoms with Crippen LogP contribution in [0, 0.1) is 0 Å². The average molecular weight is 388 g/mol. The van der Waals surface area contributed by atoms with Gasteiger partial charge in [-0.2, -0.15) is 0 Å². The maximum atomic E-state index is 12.5. The van der Waals surface area contributed by atoms with Crippen LogP contribution in [-0.4, -0.2) is 60.6 Å². The van der Waals surface area contributed by atoms with Gasteiger partial charge in [-0.3, -0.25) is 9.59 Å². The Hall–Kier alpha value is -2.29. The first-order chi connectivity index (χ1) is 13.2. The molecule has 0 radical (unpaired) electrons. The predicted molar refractivity (Wildman–Crippen MR) is 104 cm³/mol. The van der Waals surface area contributed by atoms with Gasteiger partial charge in [0.2, 0.25) is 11.8 Å². The largest absolute Gasteiger partial charge is 0.372 e. The van der Waals surface area contributed by atoms with Crippen LogP contribution < -0.4 is 10.6 Å². The van der Waals surface area contributed by atoms with Crippen molar-refractivity contribution in [2.75, 3.05) is 32.8 Å². The molecular formula is C19H24N4O3S. The third-order valence-corrected chi connectivity index (χ3v) is 5.16. The summed E-state index contributed by atoms with van der Waals surface area (Å²) in [5, 5.41) is 8.92. The van der Waals surface area contributed by atoms with Gasteiger partial charge in [0.05, 0.1) is 12.2 Å². The van der Waals surface area contributed by atoms with Gasteiger partial charge in [-0.1, -0.05) is 30.3 Å². The Morgan fingerprint density at radius 3 is 2.96 bits per heavy atom. The van der Waals surface area contributed by atoms with Gasteiger partial charge in [-0.25, -0.2) is 4.98 Å². The number of nitrogens with one attached hydrogen (secondary N) is 2. The SMILES string of the molecule is CCOCC(=O)N1CCNC(C(=O)NCc2nc(-c3ccccc3)cs2)C1. The molecule has 0 bridgehead atoms. The summed E-state index contributed by atoms with van der Waals surface area (Å²) in [5.74, 6) is -0.205. The summed E-state index contributed by atoms with van der Waals surface area (Å²) in [6, 6.07) is 9.52. The average Bonchev–Trinajstić information content (AvgIpc) is 3.20. The Labute approximate surface area is 162 Å². The van der Waals surface area contributed by atoms with E-state index >= 15 is 0 Å². The van der Waals surface area contributed by atoms with Gasteiger partial charge in [-0.15, -0.1) is 11.3 Å². The number of nitrogens with zero attached hydrogens (tertiary/aromatic N) is 2. The lowest BCUT2D eigenvalue weighted by atomic mass is 10.2. The zero-order chi connectivity index (χ0) is 19.1. The van der Waals surface area contributed by atoms with Crippen molar-refractivity contribution >= 4 is 23.2 Å². The molecule has 2 aromatic rings. The van der Waals surface area contributed by atoms with Crippen molar-refractivity contribution in [3.63, 3.8) is 0 Å². The van der Waals surface area contributed by atoms with E-state index in [2.05, 4.69) is 15.6 Å². The molecule has 0 saturated carbocycles. The van der Waals surface area contributed by atoms with Gasteiger partial charge in [0.25, 0.3) is 0 Å². The van der Waals surface area contributed by atoms with E-state index in [4.69, 9.17) is 4.74 Å². The topological polar surface area (TPSA) is 83.6 Å². The third-order valence-electron chi connectivity index (χ3n) is 4.31. The molecule has 1 aromatic carbocycles. The lowest BCUT2D eigenvalue weighted by Gasteiger charge is -2.32. The minimum Gasteiger partial charge on any atom is -0.372 e. The Kier molecular flexibility index (Phi) is 6.92. The molecule has 8 heteroatoms. The van der Waals surface area contributed by atoms with Crippen LogP contribution in [0.2, 0.25) is 0 Å². The molecule has 0 aliphatic carbocycles. The van der Waals surface area contributed by atoms with Gasteiger partial charge in [-0.05, 0) is 6.92 Å². The molecular weight excluding hydrogens is 364 g/mol. The first-order valence-electron chi connectivity index (χ1n) is 9.03. The highest BCUT2D eigenvalue weighted by molar-refractivity contribution is 7.09. The highest BCUT2D eigenvalue weighted by Crippen LogP contribution is 2.21. The van der Waals surface area contributed by atoms with E-state index in [9.17, 15) is 9.59 Å². The summed E-state index contributed by atoms with van der Waals surface area (Å²) >= 11 is 1.52. The predicted octanol–water partition coefficient (Wildman–Crippen LogP) is 1.26. The molecule has 1 aliphatic rings. The van der Waals surface area contributed by atoms with Crippen LogP contribution in [-0.2, 0) is 20.9 Å². The molecule has 3 rings (SSSR count). The number of hydrogen-bond donors (Lipinski definition) is 2. The third kappa shape index (κ3) is 5.35. The zero-order valence-corrected chi connectivity index (χ0v) is 16.1. The van der Waals surface area contributed by atoms with Gasteiger partial charge in [0.1, 0.15) is 17.7 Å². The standard InChI is InChI=1S/C19H24N4O3S/c1-2-26-12-18(24)23-9-8-20-15(11-23)19(25)21-10-17-22-16(13-27-17)14-6-4-3-5-7-14/h3-7,13,15,20H,2,8-12H2,1H3,(H,21,25). The minimum absolute atomic E-state index is 0.0617. The summed E-state index contributed by atoms with van der Waals surface area (Å²) in [4.78, 5) is 30.8. The van der Waals surface area contributed by atoms with E-state index in [1.165, 1.54) is 11.3 Å². The van der Waals surface area contributed by atoms with Gasteiger partial charge < -0.3 is 20.3 Å². The highest BCUT2D eigenvalue weighted by Gasteiger charge is 2.27. The number of rotatable bonds is 7. The van der Waals surface area contributed by atoms with E-state index in [1.807, 2.05) is 42.6 Å². The molecule has 27 heavy (non-hydrogen) atoms. The van der Waals surface area contributed by atoms with Gasteiger partial charge in [0.15, 0.2) is 0 Å². The quantitative estimate of drug-likeness (QED) is 0.746. The summed E-state index contributed by atoms with van der Waals surface area (Å²) < 4.78 is 5.17. The molecule has 2 amide bonds. The van der Waals surface area contributed by atoms with Crippen LogP contribution in [0.4, 0.5) is 0 Å². The molecule has 144 valence electrons. The number of amides is 2. The first-order valence-corrected chi connectivity index (χ1v) is 9.91. The number of carbonyl (C=O) groups is 2. The Bertz CT molecular complexity index is 765.